The first kappa shape index (κ1) is 66.7. The summed E-state index contributed by atoms with van der Waals surface area (Å²) in [4.78, 5) is 52.0. The molecule has 2 aliphatic heterocycles. The van der Waals surface area contributed by atoms with E-state index in [-0.39, 0.29) is 63.4 Å². The monoisotopic (exact) mass is 1100 g/mol. The summed E-state index contributed by atoms with van der Waals surface area (Å²) in [5.41, 5.74) is 8.22. The Morgan fingerprint density at radius 2 is 1.05 bits per heavy atom. The Bertz CT molecular complexity index is 2500. The number of hydrogen-bond acceptors (Lipinski definition) is 9. The Labute approximate surface area is 460 Å². The summed E-state index contributed by atoms with van der Waals surface area (Å²) in [5, 5.41) is 23.5. The lowest BCUT2D eigenvalue weighted by Crippen LogP contribution is -2.56. The Morgan fingerprint density at radius 1 is 0.653 bits per heavy atom. The van der Waals surface area contributed by atoms with Crippen molar-refractivity contribution in [1.29, 1.82) is 0 Å². The van der Waals surface area contributed by atoms with Gasteiger partial charge in [-0.3, -0.25) is 24.6 Å². The summed E-state index contributed by atoms with van der Waals surface area (Å²) < 4.78 is 39.5. The van der Waals surface area contributed by atoms with Crippen molar-refractivity contribution in [2.45, 2.75) is 136 Å². The topological polar surface area (TPSA) is 158 Å². The second-order valence-electron chi connectivity index (χ2n) is 20.7. The predicted octanol–water partition coefficient (Wildman–Crippen LogP) is 10.6. The number of alkyl halides is 2. The third kappa shape index (κ3) is 19.9. The van der Waals surface area contributed by atoms with Crippen LogP contribution in [0.4, 0.5) is 8.78 Å². The standard InChI is InChI=1S/C24H30BFN2O4.C16H23BFNO3.C9H9ClO.C6H15N.CH2Cl2/c1-7-19(24(4,5)6)28(23(30)17-11-14(2)10-15(3)12-17)27-22(29)18-9-8-16-13-32-25(31)20(16)21(18)26;1-5-11(16(2,3)4)8-19-15(20)12-7-6-10-9-22-17(21)13(10)14(12)18;1-6-3-7(2)5-8(4-6)9(10)11;1-4-7(5-2)6-3;2-1-3/h8-12,19,31H,7,13H2,1-6H3,(H,27,29);6-7,11,21H,5,8-9H2,1-4H3,(H,19,20);3-5H,1-2H3;4-6H2,1-3H3;1H2/t19-;11-;;;/m10.../s1. The highest BCUT2D eigenvalue weighted by atomic mass is 35.5. The zero-order valence-corrected chi connectivity index (χ0v) is 48.8. The molecule has 0 saturated heterocycles. The maximum atomic E-state index is 15.1. The van der Waals surface area contributed by atoms with Crippen LogP contribution in [-0.2, 0) is 22.5 Å². The maximum Gasteiger partial charge on any atom is 0.494 e. The number of halogens is 5. The van der Waals surface area contributed by atoms with Gasteiger partial charge < -0.3 is 29.6 Å². The summed E-state index contributed by atoms with van der Waals surface area (Å²) in [6.07, 6.45) is 1.52. The normalized spacial score (nSPS) is 13.3. The average molecular weight is 1100 g/mol. The first-order valence-electron chi connectivity index (χ1n) is 25.4. The molecule has 75 heavy (non-hydrogen) atoms. The third-order valence-electron chi connectivity index (χ3n) is 12.9. The molecule has 412 valence electrons. The van der Waals surface area contributed by atoms with Gasteiger partial charge in [-0.05, 0) is 130 Å². The van der Waals surface area contributed by atoms with Crippen LogP contribution in [0.15, 0.2) is 60.7 Å². The molecular formula is C56H79B2Cl3F2N4O8. The van der Waals surface area contributed by atoms with Crippen molar-refractivity contribution in [2.24, 2.45) is 16.7 Å². The van der Waals surface area contributed by atoms with Gasteiger partial charge in [0.15, 0.2) is 0 Å². The number of nitrogens with zero attached hydrogens (tertiary/aromatic N) is 2. The summed E-state index contributed by atoms with van der Waals surface area (Å²) in [6.45, 7) is 34.9. The van der Waals surface area contributed by atoms with Crippen LogP contribution in [0, 0.1) is 56.1 Å². The Kier molecular flexibility index (Phi) is 27.7. The highest BCUT2D eigenvalue weighted by Crippen LogP contribution is 2.29. The molecule has 0 spiro atoms. The lowest BCUT2D eigenvalue weighted by Gasteiger charge is -2.39. The zero-order valence-electron chi connectivity index (χ0n) is 46.6. The fourth-order valence-electron chi connectivity index (χ4n) is 8.90. The number of benzene rings is 4. The van der Waals surface area contributed by atoms with Crippen molar-refractivity contribution in [1.82, 2.24) is 20.7 Å². The highest BCUT2D eigenvalue weighted by Gasteiger charge is 2.38. The number of rotatable bonds is 12. The van der Waals surface area contributed by atoms with E-state index in [1.165, 1.54) is 36.8 Å². The number of fused-ring (bicyclic) bond motifs is 2. The number of hydrazine groups is 1. The van der Waals surface area contributed by atoms with E-state index in [0.29, 0.717) is 41.1 Å². The molecule has 19 heteroatoms. The number of aryl methyl sites for hydroxylation is 4. The van der Waals surface area contributed by atoms with Crippen LogP contribution < -0.4 is 21.7 Å². The molecule has 4 aromatic rings. The van der Waals surface area contributed by atoms with Crippen molar-refractivity contribution in [3.05, 3.63) is 128 Å². The van der Waals surface area contributed by atoms with Crippen molar-refractivity contribution in [3.8, 4) is 0 Å². The molecule has 0 unspecified atom stereocenters. The van der Waals surface area contributed by atoms with Crippen molar-refractivity contribution >= 4 is 82.9 Å². The van der Waals surface area contributed by atoms with Gasteiger partial charge in [-0.15, -0.1) is 23.2 Å². The number of amides is 3. The Hall–Kier alpha value is -4.38. The molecule has 4 aromatic carbocycles. The fourth-order valence-corrected chi connectivity index (χ4v) is 9.01. The van der Waals surface area contributed by atoms with Crippen molar-refractivity contribution in [3.63, 3.8) is 0 Å². The third-order valence-corrected chi connectivity index (χ3v) is 13.2. The fraction of sp³-hybridized carbons (Fsp3) is 0.500. The molecule has 0 aliphatic carbocycles. The molecule has 0 radical (unpaired) electrons. The Balaban J connectivity index is 0.000000383. The minimum Gasteiger partial charge on any atom is -0.423 e. The van der Waals surface area contributed by atoms with Gasteiger partial charge in [-0.25, -0.2) is 13.8 Å². The van der Waals surface area contributed by atoms with Gasteiger partial charge >= 0.3 is 14.2 Å². The van der Waals surface area contributed by atoms with E-state index in [1.807, 2.05) is 67.5 Å². The minimum atomic E-state index is -1.41. The molecule has 3 amide bonds. The molecule has 0 fully saturated rings. The predicted molar refractivity (Wildman–Crippen MR) is 302 cm³/mol. The van der Waals surface area contributed by atoms with Crippen LogP contribution in [0.25, 0.3) is 0 Å². The van der Waals surface area contributed by atoms with Gasteiger partial charge in [0.1, 0.15) is 11.6 Å². The van der Waals surface area contributed by atoms with Gasteiger partial charge in [-0.2, -0.15) is 0 Å². The molecule has 2 heterocycles. The highest BCUT2D eigenvalue weighted by molar-refractivity contribution is 6.67. The van der Waals surface area contributed by atoms with Gasteiger partial charge in [0.2, 0.25) is 0 Å². The minimum absolute atomic E-state index is 0.0345. The Morgan fingerprint density at radius 3 is 1.39 bits per heavy atom. The summed E-state index contributed by atoms with van der Waals surface area (Å²) in [6, 6.07) is 16.7. The van der Waals surface area contributed by atoms with Gasteiger partial charge in [0.05, 0.1) is 35.7 Å². The van der Waals surface area contributed by atoms with E-state index >= 15 is 4.39 Å². The second kappa shape index (κ2) is 31.1. The molecule has 2 aliphatic rings. The molecule has 6 rings (SSSR count). The first-order valence-corrected chi connectivity index (χ1v) is 26.8. The lowest BCUT2D eigenvalue weighted by molar-refractivity contribution is 0.0283. The molecular weight excluding hydrogens is 1020 g/mol. The van der Waals surface area contributed by atoms with Gasteiger partial charge in [0, 0.05) is 28.6 Å². The molecule has 2 atom stereocenters. The van der Waals surface area contributed by atoms with Crippen LogP contribution in [0.2, 0.25) is 0 Å². The lowest BCUT2D eigenvalue weighted by atomic mass is 9.78. The van der Waals surface area contributed by atoms with E-state index in [1.54, 1.807) is 36.4 Å². The van der Waals surface area contributed by atoms with E-state index in [4.69, 9.17) is 44.1 Å². The van der Waals surface area contributed by atoms with Crippen molar-refractivity contribution < 1.29 is 47.3 Å². The molecule has 0 saturated carbocycles. The van der Waals surface area contributed by atoms with E-state index < -0.39 is 42.9 Å². The SMILES string of the molecule is CCN(CC)CC.CC[C@@H](CNC(=O)c1ccc2c(c1F)B(O)OC2)C(C)(C)C.CC[C@@H](N(NC(=O)c1ccc2c(c1F)B(O)OC2)C(=O)c1cc(C)cc(C)c1)C(C)(C)C.Cc1cc(C)cc(C(=O)Cl)c1.ClCCl. The summed E-state index contributed by atoms with van der Waals surface area (Å²) in [5.74, 6) is -2.80. The van der Waals surface area contributed by atoms with Crippen LogP contribution in [0.3, 0.4) is 0 Å². The van der Waals surface area contributed by atoms with E-state index in [2.05, 4.69) is 64.1 Å². The number of nitrogens with one attached hydrogen (secondary N) is 2. The number of carbonyl (C=O) groups excluding carboxylic acids is 4. The van der Waals surface area contributed by atoms with E-state index in [0.717, 1.165) is 28.7 Å². The quantitative estimate of drug-likeness (QED) is 0.0469. The van der Waals surface area contributed by atoms with Crippen LogP contribution >= 0.6 is 34.8 Å². The summed E-state index contributed by atoms with van der Waals surface area (Å²) in [7, 11) is -2.70. The van der Waals surface area contributed by atoms with Crippen molar-refractivity contribution in [2.75, 3.05) is 31.5 Å². The van der Waals surface area contributed by atoms with Crippen LogP contribution in [-0.4, -0.2) is 94.7 Å². The van der Waals surface area contributed by atoms with Gasteiger partial charge in [-0.1, -0.05) is 129 Å². The number of hydrogen-bond donors (Lipinski definition) is 4. The van der Waals surface area contributed by atoms with E-state index in [9.17, 15) is 33.6 Å². The van der Waals surface area contributed by atoms with Crippen LogP contribution in [0.1, 0.15) is 164 Å². The molecule has 0 aromatic heterocycles. The summed E-state index contributed by atoms with van der Waals surface area (Å²) >= 11 is 14.8. The molecule has 12 nitrogen and oxygen atoms in total. The molecule has 0 bridgehead atoms. The second-order valence-corrected chi connectivity index (χ2v) is 21.8. The zero-order chi connectivity index (χ0) is 57.1. The molecule has 4 N–H and O–H groups in total. The maximum absolute atomic E-state index is 15.1. The number of carbonyl (C=O) groups is 4. The average Bonchev–Trinajstić information content (AvgIpc) is 3.91. The first-order chi connectivity index (χ1) is 35.0. The van der Waals surface area contributed by atoms with Crippen LogP contribution in [0.5, 0.6) is 0 Å². The van der Waals surface area contributed by atoms with Gasteiger partial charge in [0.25, 0.3) is 23.0 Å². The smallest absolute Gasteiger partial charge is 0.423 e. The largest absolute Gasteiger partial charge is 0.494 e.